The van der Waals surface area contributed by atoms with Crippen molar-refractivity contribution in [3.8, 4) is 5.75 Å². The molecule has 0 saturated heterocycles. The van der Waals surface area contributed by atoms with Crippen LogP contribution in [-0.4, -0.2) is 17.2 Å². The van der Waals surface area contributed by atoms with Crippen molar-refractivity contribution in [2.24, 2.45) is 0 Å². The molecule has 4 heteroatoms. The summed E-state index contributed by atoms with van der Waals surface area (Å²) in [6, 6.07) is 5.05. The molecule has 98 valence electrons. The first kappa shape index (κ1) is 13.4. The number of benzene rings is 1. The number of ether oxygens (including phenoxy) is 1. The van der Waals surface area contributed by atoms with Crippen LogP contribution in [0.3, 0.4) is 0 Å². The van der Waals surface area contributed by atoms with E-state index in [1.54, 1.807) is 18.2 Å². The second-order valence-electron chi connectivity index (χ2n) is 4.68. The summed E-state index contributed by atoms with van der Waals surface area (Å²) in [7, 11) is 0. The summed E-state index contributed by atoms with van der Waals surface area (Å²) in [5, 5.41) is 9.15. The molecule has 1 aromatic rings. The van der Waals surface area contributed by atoms with Gasteiger partial charge in [-0.15, -0.1) is 0 Å². The fourth-order valence-corrected chi connectivity index (χ4v) is 2.65. The van der Waals surface area contributed by atoms with E-state index in [2.05, 4.69) is 15.9 Å². The summed E-state index contributed by atoms with van der Waals surface area (Å²) in [4.78, 5) is 11.1. The van der Waals surface area contributed by atoms with Gasteiger partial charge >= 0.3 is 5.97 Å². The van der Waals surface area contributed by atoms with Gasteiger partial charge in [-0.25, -0.2) is 4.79 Å². The van der Waals surface area contributed by atoms with Crippen LogP contribution in [0, 0.1) is 0 Å². The van der Waals surface area contributed by atoms with E-state index in [0.29, 0.717) is 5.75 Å². The van der Waals surface area contributed by atoms with E-state index in [-0.39, 0.29) is 11.7 Å². The predicted molar refractivity (Wildman–Crippen MR) is 73.2 cm³/mol. The van der Waals surface area contributed by atoms with Crippen LogP contribution in [0.2, 0.25) is 0 Å². The SMILES string of the molecule is O=C(O)c1ccc(Br)cc1OC1CCCCCC1. The van der Waals surface area contributed by atoms with Crippen LogP contribution in [0.5, 0.6) is 5.75 Å². The third-order valence-corrected chi connectivity index (χ3v) is 3.76. The molecule has 0 heterocycles. The molecule has 1 N–H and O–H groups in total. The van der Waals surface area contributed by atoms with Gasteiger partial charge in [0.05, 0.1) is 6.10 Å². The van der Waals surface area contributed by atoms with Crippen molar-refractivity contribution in [3.63, 3.8) is 0 Å². The molecule has 1 aromatic carbocycles. The second kappa shape index (κ2) is 6.23. The van der Waals surface area contributed by atoms with Crippen LogP contribution in [0.4, 0.5) is 0 Å². The molecule has 0 atom stereocenters. The lowest BCUT2D eigenvalue weighted by Crippen LogP contribution is -2.17. The highest BCUT2D eigenvalue weighted by molar-refractivity contribution is 9.10. The molecule has 0 aromatic heterocycles. The number of aromatic carboxylic acids is 1. The Labute approximate surface area is 115 Å². The third kappa shape index (κ3) is 3.48. The molecule has 2 rings (SSSR count). The maximum absolute atomic E-state index is 11.1. The molecule has 0 spiro atoms. The summed E-state index contributed by atoms with van der Waals surface area (Å²) in [6.45, 7) is 0. The van der Waals surface area contributed by atoms with Gasteiger partial charge in [0.1, 0.15) is 11.3 Å². The molecule has 0 aliphatic heterocycles. The van der Waals surface area contributed by atoms with Crippen molar-refractivity contribution in [3.05, 3.63) is 28.2 Å². The number of halogens is 1. The van der Waals surface area contributed by atoms with E-state index in [1.165, 1.54) is 25.7 Å². The minimum atomic E-state index is -0.939. The highest BCUT2D eigenvalue weighted by Gasteiger charge is 2.18. The van der Waals surface area contributed by atoms with Gasteiger partial charge in [0, 0.05) is 4.47 Å². The summed E-state index contributed by atoms with van der Waals surface area (Å²) < 4.78 is 6.74. The largest absolute Gasteiger partial charge is 0.489 e. The van der Waals surface area contributed by atoms with Gasteiger partial charge in [0.15, 0.2) is 0 Å². The normalized spacial score (nSPS) is 17.2. The molecule has 0 bridgehead atoms. The fourth-order valence-electron chi connectivity index (χ4n) is 2.31. The monoisotopic (exact) mass is 312 g/mol. The molecule has 1 aliphatic rings. The smallest absolute Gasteiger partial charge is 0.339 e. The Balaban J connectivity index is 2.15. The van der Waals surface area contributed by atoms with Gasteiger partial charge in [0.2, 0.25) is 0 Å². The predicted octanol–water partition coefficient (Wildman–Crippen LogP) is 4.25. The number of rotatable bonds is 3. The lowest BCUT2D eigenvalue weighted by atomic mass is 10.1. The van der Waals surface area contributed by atoms with Gasteiger partial charge in [-0.1, -0.05) is 28.8 Å². The topological polar surface area (TPSA) is 46.5 Å². The van der Waals surface area contributed by atoms with Gasteiger partial charge in [-0.3, -0.25) is 0 Å². The Morgan fingerprint density at radius 2 is 1.89 bits per heavy atom. The Bertz CT molecular complexity index is 423. The third-order valence-electron chi connectivity index (χ3n) is 3.27. The number of carboxylic acid groups (broad SMARTS) is 1. The maximum Gasteiger partial charge on any atom is 0.339 e. The molecule has 0 radical (unpaired) electrons. The van der Waals surface area contributed by atoms with Crippen molar-refractivity contribution in [2.75, 3.05) is 0 Å². The average molecular weight is 313 g/mol. The van der Waals surface area contributed by atoms with Crippen molar-refractivity contribution in [1.82, 2.24) is 0 Å². The molecular weight excluding hydrogens is 296 g/mol. The van der Waals surface area contributed by atoms with Crippen molar-refractivity contribution in [2.45, 2.75) is 44.6 Å². The summed E-state index contributed by atoms with van der Waals surface area (Å²) in [5.41, 5.74) is 0.238. The van der Waals surface area contributed by atoms with E-state index in [0.717, 1.165) is 17.3 Å². The highest BCUT2D eigenvalue weighted by atomic mass is 79.9. The van der Waals surface area contributed by atoms with Crippen LogP contribution in [0.15, 0.2) is 22.7 Å². The molecule has 1 fully saturated rings. The van der Waals surface area contributed by atoms with Gasteiger partial charge in [0.25, 0.3) is 0 Å². The van der Waals surface area contributed by atoms with E-state index >= 15 is 0 Å². The van der Waals surface area contributed by atoms with Crippen LogP contribution < -0.4 is 4.74 Å². The van der Waals surface area contributed by atoms with E-state index < -0.39 is 5.97 Å². The van der Waals surface area contributed by atoms with Gasteiger partial charge < -0.3 is 9.84 Å². The number of carbonyl (C=O) groups is 1. The first-order valence-corrected chi connectivity index (χ1v) is 7.15. The Morgan fingerprint density at radius 3 is 2.50 bits per heavy atom. The number of hydrogen-bond donors (Lipinski definition) is 1. The van der Waals surface area contributed by atoms with Crippen molar-refractivity contribution in [1.29, 1.82) is 0 Å². The molecule has 18 heavy (non-hydrogen) atoms. The maximum atomic E-state index is 11.1. The first-order chi connectivity index (χ1) is 8.66. The molecule has 0 unspecified atom stereocenters. The average Bonchev–Trinajstić information content (AvgIpc) is 2.57. The van der Waals surface area contributed by atoms with Crippen molar-refractivity contribution >= 4 is 21.9 Å². The van der Waals surface area contributed by atoms with Crippen LogP contribution in [-0.2, 0) is 0 Å². The van der Waals surface area contributed by atoms with E-state index in [1.807, 2.05) is 0 Å². The molecule has 1 aliphatic carbocycles. The minimum Gasteiger partial charge on any atom is -0.489 e. The highest BCUT2D eigenvalue weighted by Crippen LogP contribution is 2.28. The molecule has 0 amide bonds. The Hall–Kier alpha value is -1.03. The van der Waals surface area contributed by atoms with Crippen LogP contribution in [0.1, 0.15) is 48.9 Å². The minimum absolute atomic E-state index is 0.153. The Morgan fingerprint density at radius 1 is 1.22 bits per heavy atom. The standard InChI is InChI=1S/C14H17BrO3/c15-10-7-8-12(14(16)17)13(9-10)18-11-5-3-1-2-4-6-11/h7-9,11H,1-6H2,(H,16,17). The molecule has 3 nitrogen and oxygen atoms in total. The molecular formula is C14H17BrO3. The zero-order chi connectivity index (χ0) is 13.0. The van der Waals surface area contributed by atoms with Gasteiger partial charge in [-0.2, -0.15) is 0 Å². The summed E-state index contributed by atoms with van der Waals surface area (Å²) >= 11 is 3.35. The summed E-state index contributed by atoms with van der Waals surface area (Å²) in [5.74, 6) is -0.463. The lowest BCUT2D eigenvalue weighted by Gasteiger charge is -2.18. The number of hydrogen-bond acceptors (Lipinski definition) is 2. The molecule has 1 saturated carbocycles. The van der Waals surface area contributed by atoms with E-state index in [9.17, 15) is 4.79 Å². The van der Waals surface area contributed by atoms with Crippen LogP contribution >= 0.6 is 15.9 Å². The zero-order valence-electron chi connectivity index (χ0n) is 10.2. The van der Waals surface area contributed by atoms with Crippen molar-refractivity contribution < 1.29 is 14.6 Å². The van der Waals surface area contributed by atoms with Gasteiger partial charge in [-0.05, 0) is 43.9 Å². The second-order valence-corrected chi connectivity index (χ2v) is 5.59. The van der Waals surface area contributed by atoms with E-state index in [4.69, 9.17) is 9.84 Å². The lowest BCUT2D eigenvalue weighted by molar-refractivity contribution is 0.0688. The summed E-state index contributed by atoms with van der Waals surface area (Å²) in [6.07, 6.45) is 7.04. The Kier molecular flexibility index (Phi) is 4.64. The quantitative estimate of drug-likeness (QED) is 0.849. The fraction of sp³-hybridized carbons (Fsp3) is 0.500. The van der Waals surface area contributed by atoms with Crippen LogP contribution in [0.25, 0.3) is 0 Å². The number of carboxylic acids is 1. The first-order valence-electron chi connectivity index (χ1n) is 6.36. The zero-order valence-corrected chi connectivity index (χ0v) is 11.8.